The monoisotopic (exact) mass is 596 g/mol. The predicted octanol–water partition coefficient (Wildman–Crippen LogP) is 1.56. The molecule has 0 spiro atoms. The average Bonchev–Trinajstić information content (AvgIpc) is 3.22. The van der Waals surface area contributed by atoms with Crippen molar-refractivity contribution in [3.63, 3.8) is 0 Å². The number of urea groups is 1. The van der Waals surface area contributed by atoms with Gasteiger partial charge in [-0.05, 0) is 17.7 Å². The van der Waals surface area contributed by atoms with Gasteiger partial charge in [0.1, 0.15) is 18.8 Å². The molecule has 3 heterocycles. The Bertz CT molecular complexity index is 1070. The Hall–Kier alpha value is -3.31. The molecule has 3 aliphatic heterocycles. The molecule has 3 fully saturated rings. The van der Waals surface area contributed by atoms with Crippen LogP contribution in [0.15, 0.2) is 24.3 Å². The number of carbonyl (C=O) groups is 3. The predicted molar refractivity (Wildman–Crippen MR) is 129 cm³/mol. The zero-order valence-corrected chi connectivity index (χ0v) is 22.0. The summed E-state index contributed by atoms with van der Waals surface area (Å²) in [5.41, 5.74) is 0.799. The molecule has 4 amide bonds. The molecular weight excluding hydrogens is 566 g/mol. The molecule has 17 heteroatoms. The highest BCUT2D eigenvalue weighted by Crippen LogP contribution is 2.23. The maximum atomic E-state index is 12.8. The number of alkyl halides is 6. The Labute approximate surface area is 231 Å². The second-order valence-corrected chi connectivity index (χ2v) is 9.82. The maximum Gasteiger partial charge on any atom is 0.573 e. The van der Waals surface area contributed by atoms with E-state index in [0.717, 1.165) is 10.6 Å². The lowest BCUT2D eigenvalue weighted by Crippen LogP contribution is -2.53. The quantitative estimate of drug-likeness (QED) is 0.421. The van der Waals surface area contributed by atoms with Gasteiger partial charge < -0.3 is 24.3 Å². The summed E-state index contributed by atoms with van der Waals surface area (Å²) in [7, 11) is 0. The molecule has 3 aliphatic rings. The van der Waals surface area contributed by atoms with E-state index in [1.807, 2.05) is 0 Å². The Morgan fingerprint density at radius 2 is 1.17 bits per heavy atom. The van der Waals surface area contributed by atoms with Crippen LogP contribution in [-0.2, 0) is 21.0 Å². The minimum absolute atomic E-state index is 0.0307. The van der Waals surface area contributed by atoms with E-state index < -0.39 is 24.7 Å². The molecule has 3 saturated heterocycles. The highest BCUT2D eigenvalue weighted by molar-refractivity contribution is 5.88. The fraction of sp³-hybridized carbons (Fsp3) is 0.625. The number of amides is 4. The summed E-state index contributed by atoms with van der Waals surface area (Å²) in [6.45, 7) is 2.39. The summed E-state index contributed by atoms with van der Waals surface area (Å²) in [5, 5.41) is 0.742. The molecule has 228 valence electrons. The van der Waals surface area contributed by atoms with Crippen LogP contribution < -0.4 is 4.74 Å². The summed E-state index contributed by atoms with van der Waals surface area (Å²) in [6.07, 6.45) is -9.55. The van der Waals surface area contributed by atoms with E-state index in [0.29, 0.717) is 32.7 Å². The van der Waals surface area contributed by atoms with Crippen molar-refractivity contribution in [3.8, 4) is 5.75 Å². The number of hydrogen-bond acceptors (Lipinski definition) is 7. The fourth-order valence-electron chi connectivity index (χ4n) is 4.84. The number of piperazine rings is 2. The van der Waals surface area contributed by atoms with Crippen LogP contribution in [0.4, 0.5) is 31.1 Å². The van der Waals surface area contributed by atoms with Crippen molar-refractivity contribution < 1.29 is 50.3 Å². The number of ether oxygens (including phenoxy) is 1. The molecule has 0 radical (unpaired) electrons. The number of nitrogens with zero attached hydrogens (tertiary/aromatic N) is 6. The van der Waals surface area contributed by atoms with Gasteiger partial charge in [0, 0.05) is 72.0 Å². The Kier molecular flexibility index (Phi) is 9.48. The molecule has 0 unspecified atom stereocenters. The van der Waals surface area contributed by atoms with Crippen LogP contribution in [0.25, 0.3) is 0 Å². The van der Waals surface area contributed by atoms with Crippen LogP contribution in [0, 0.1) is 0 Å². The summed E-state index contributed by atoms with van der Waals surface area (Å²) >= 11 is 0. The van der Waals surface area contributed by atoms with Crippen molar-refractivity contribution in [1.82, 2.24) is 29.6 Å². The molecule has 0 aliphatic carbocycles. The summed E-state index contributed by atoms with van der Waals surface area (Å²) in [4.78, 5) is 49.8. The molecule has 0 saturated carbocycles. The number of hydroxylamine groups is 2. The van der Waals surface area contributed by atoms with Crippen LogP contribution >= 0.6 is 0 Å². The maximum absolute atomic E-state index is 12.8. The van der Waals surface area contributed by atoms with Gasteiger partial charge in [0.25, 0.3) is 0 Å². The molecule has 1 aromatic carbocycles. The number of hydrogen-bond donors (Lipinski definition) is 0. The number of benzene rings is 1. The molecule has 0 N–H and O–H groups in total. The SMILES string of the molecule is O=C(CN1CCN(CC(=O)N2CCN(OC(F)(F)F)CC2)C1=O)N1CCN(Cc2ccc(OC(F)(F)F)cc2)CC1. The van der Waals surface area contributed by atoms with Gasteiger partial charge in [0.05, 0.1) is 0 Å². The van der Waals surface area contributed by atoms with Crippen LogP contribution in [0.1, 0.15) is 5.56 Å². The summed E-state index contributed by atoms with van der Waals surface area (Å²) < 4.78 is 77.9. The van der Waals surface area contributed by atoms with Crippen LogP contribution in [0.3, 0.4) is 0 Å². The Balaban J connectivity index is 1.16. The third kappa shape index (κ3) is 9.09. The number of carbonyl (C=O) groups excluding carboxylic acids is 3. The molecular formula is C24H30F6N6O5. The van der Waals surface area contributed by atoms with Crippen molar-refractivity contribution >= 4 is 17.8 Å². The molecule has 0 bridgehead atoms. The molecule has 0 aromatic heterocycles. The van der Waals surface area contributed by atoms with Crippen molar-refractivity contribution in [2.45, 2.75) is 19.3 Å². The second-order valence-electron chi connectivity index (χ2n) is 9.82. The molecule has 0 atom stereocenters. The van der Waals surface area contributed by atoms with Crippen molar-refractivity contribution in [2.75, 3.05) is 78.5 Å². The highest BCUT2D eigenvalue weighted by Gasteiger charge is 2.37. The van der Waals surface area contributed by atoms with Gasteiger partial charge in [-0.3, -0.25) is 14.5 Å². The number of halogens is 6. The van der Waals surface area contributed by atoms with E-state index >= 15 is 0 Å². The van der Waals surface area contributed by atoms with Crippen LogP contribution in [0.2, 0.25) is 0 Å². The van der Waals surface area contributed by atoms with Gasteiger partial charge in [-0.1, -0.05) is 12.1 Å². The molecule has 11 nitrogen and oxygen atoms in total. The molecule has 41 heavy (non-hydrogen) atoms. The van der Waals surface area contributed by atoms with Crippen molar-refractivity contribution in [3.05, 3.63) is 29.8 Å². The third-order valence-electron chi connectivity index (χ3n) is 6.95. The normalized spacial score (nSPS) is 19.7. The summed E-state index contributed by atoms with van der Waals surface area (Å²) in [6, 6.07) is 5.15. The van der Waals surface area contributed by atoms with Crippen molar-refractivity contribution in [2.24, 2.45) is 0 Å². The van der Waals surface area contributed by atoms with Gasteiger partial charge in [-0.2, -0.15) is 5.06 Å². The van der Waals surface area contributed by atoms with E-state index in [1.165, 1.54) is 26.8 Å². The van der Waals surface area contributed by atoms with Crippen molar-refractivity contribution in [1.29, 1.82) is 0 Å². The lowest BCUT2D eigenvalue weighted by molar-refractivity contribution is -0.416. The molecule has 4 rings (SSSR count). The minimum Gasteiger partial charge on any atom is -0.406 e. The standard InChI is InChI=1S/C24H30F6N6O5/c25-23(26,27)40-19-3-1-18(2-4-19)15-31-5-7-32(8-6-31)20(37)16-34-9-10-35(22(34)39)17-21(38)33-11-13-36(14-12-33)41-24(28,29)30/h1-4H,5-17H2. The topological polar surface area (TPSA) is 89.1 Å². The van der Waals surface area contributed by atoms with Gasteiger partial charge in [0.15, 0.2) is 0 Å². The minimum atomic E-state index is -4.80. The zero-order valence-electron chi connectivity index (χ0n) is 22.0. The lowest BCUT2D eigenvalue weighted by Gasteiger charge is -2.35. The first-order valence-corrected chi connectivity index (χ1v) is 12.9. The van der Waals surface area contributed by atoms with E-state index in [1.54, 1.807) is 17.0 Å². The van der Waals surface area contributed by atoms with Gasteiger partial charge >= 0.3 is 18.8 Å². The van der Waals surface area contributed by atoms with Gasteiger partial charge in [-0.15, -0.1) is 26.3 Å². The van der Waals surface area contributed by atoms with E-state index in [-0.39, 0.29) is 64.0 Å². The Morgan fingerprint density at radius 1 is 0.683 bits per heavy atom. The second kappa shape index (κ2) is 12.7. The van der Waals surface area contributed by atoms with Crippen LogP contribution in [-0.4, -0.2) is 139 Å². The zero-order chi connectivity index (χ0) is 29.8. The average molecular weight is 597 g/mol. The summed E-state index contributed by atoms with van der Waals surface area (Å²) in [5.74, 6) is -0.925. The number of rotatable bonds is 8. The van der Waals surface area contributed by atoms with Crippen LogP contribution in [0.5, 0.6) is 5.75 Å². The third-order valence-corrected chi connectivity index (χ3v) is 6.95. The first-order valence-electron chi connectivity index (χ1n) is 12.9. The Morgan fingerprint density at radius 3 is 1.63 bits per heavy atom. The lowest BCUT2D eigenvalue weighted by atomic mass is 10.2. The van der Waals surface area contributed by atoms with E-state index in [2.05, 4.69) is 14.5 Å². The van der Waals surface area contributed by atoms with E-state index in [4.69, 9.17) is 0 Å². The molecule has 1 aromatic rings. The smallest absolute Gasteiger partial charge is 0.406 e. The van der Waals surface area contributed by atoms with Gasteiger partial charge in [0.2, 0.25) is 11.8 Å². The van der Waals surface area contributed by atoms with E-state index in [9.17, 15) is 40.7 Å². The first kappa shape index (κ1) is 30.6. The van der Waals surface area contributed by atoms with Gasteiger partial charge in [-0.25, -0.2) is 9.63 Å². The fourth-order valence-corrected chi connectivity index (χ4v) is 4.84. The highest BCUT2D eigenvalue weighted by atomic mass is 19.4. The largest absolute Gasteiger partial charge is 0.573 e. The first-order chi connectivity index (χ1) is 19.3.